The first-order chi connectivity index (χ1) is 8.78. The second kappa shape index (κ2) is 5.04. The first-order valence-electron chi connectivity index (χ1n) is 6.37. The maximum absolute atomic E-state index is 12.2. The van der Waals surface area contributed by atoms with E-state index in [0.717, 1.165) is 12.8 Å². The molecule has 0 saturated heterocycles. The summed E-state index contributed by atoms with van der Waals surface area (Å²) in [5, 5.41) is 10.6. The monoisotopic (exact) mass is 274 g/mol. The quantitative estimate of drug-likeness (QED) is 0.883. The summed E-state index contributed by atoms with van der Waals surface area (Å²) in [4.78, 5) is 0. The first-order valence-corrected chi connectivity index (χ1v) is 6.37. The third-order valence-corrected chi connectivity index (χ3v) is 3.58. The Labute approximate surface area is 110 Å². The number of rotatable bonds is 2. The smallest absolute Gasteiger partial charge is 0.406 e. The van der Waals surface area contributed by atoms with Gasteiger partial charge >= 0.3 is 6.36 Å². The normalized spacial score (nSPS) is 28.2. The fourth-order valence-electron chi connectivity index (χ4n) is 2.77. The minimum atomic E-state index is -4.71. The molecule has 1 aliphatic carbocycles. The second-order valence-corrected chi connectivity index (χ2v) is 5.31. The molecule has 1 aromatic carbocycles. The highest BCUT2D eigenvalue weighted by Gasteiger charge is 2.36. The van der Waals surface area contributed by atoms with E-state index in [0.29, 0.717) is 24.3 Å². The maximum atomic E-state index is 12.2. The molecule has 0 aromatic heterocycles. The molecule has 0 bridgehead atoms. The minimum absolute atomic E-state index is 0.281. The van der Waals surface area contributed by atoms with Gasteiger partial charge in [-0.1, -0.05) is 25.5 Å². The summed E-state index contributed by atoms with van der Waals surface area (Å²) in [5.41, 5.74) is -0.538. The van der Waals surface area contributed by atoms with Gasteiger partial charge in [-0.05, 0) is 42.9 Å². The third kappa shape index (κ3) is 3.62. The number of benzene rings is 1. The molecule has 2 nitrogen and oxygen atoms in total. The van der Waals surface area contributed by atoms with Gasteiger partial charge in [0, 0.05) is 0 Å². The fraction of sp³-hybridized carbons (Fsp3) is 0.571. The van der Waals surface area contributed by atoms with Crippen LogP contribution in [0.25, 0.3) is 0 Å². The molecule has 0 heterocycles. The molecule has 0 radical (unpaired) electrons. The lowest BCUT2D eigenvalue weighted by Gasteiger charge is -2.36. The summed E-state index contributed by atoms with van der Waals surface area (Å²) in [6.07, 6.45) is -1.64. The molecule has 106 valence electrons. The molecular weight excluding hydrogens is 257 g/mol. The van der Waals surface area contributed by atoms with E-state index in [1.165, 1.54) is 18.2 Å². The highest BCUT2D eigenvalue weighted by molar-refractivity contribution is 5.32. The average Bonchev–Trinajstić information content (AvgIpc) is 2.26. The summed E-state index contributed by atoms with van der Waals surface area (Å²) >= 11 is 0. The molecule has 0 amide bonds. The minimum Gasteiger partial charge on any atom is -0.406 e. The number of halogens is 3. The summed E-state index contributed by atoms with van der Waals surface area (Å²) in [7, 11) is 0. The number of aliphatic hydroxyl groups is 1. The van der Waals surface area contributed by atoms with Crippen LogP contribution >= 0.6 is 0 Å². The fourth-order valence-corrected chi connectivity index (χ4v) is 2.77. The van der Waals surface area contributed by atoms with Crippen LogP contribution in [0.2, 0.25) is 0 Å². The number of hydrogen-bond acceptors (Lipinski definition) is 2. The number of ether oxygens (including phenoxy) is 1. The number of alkyl halides is 3. The lowest BCUT2D eigenvalue weighted by molar-refractivity contribution is -0.274. The highest BCUT2D eigenvalue weighted by atomic mass is 19.4. The Morgan fingerprint density at radius 1 is 1.37 bits per heavy atom. The Hall–Kier alpha value is -1.23. The van der Waals surface area contributed by atoms with Crippen LogP contribution in [-0.4, -0.2) is 11.5 Å². The lowest BCUT2D eigenvalue weighted by Crippen LogP contribution is -2.32. The predicted octanol–water partition coefficient (Wildman–Crippen LogP) is 3.98. The van der Waals surface area contributed by atoms with E-state index in [1.807, 2.05) is 6.92 Å². The van der Waals surface area contributed by atoms with Gasteiger partial charge in [0.2, 0.25) is 0 Å². The molecular formula is C14H17F3O2. The van der Waals surface area contributed by atoms with Crippen LogP contribution in [-0.2, 0) is 5.60 Å². The van der Waals surface area contributed by atoms with Crippen molar-refractivity contribution in [1.82, 2.24) is 0 Å². The van der Waals surface area contributed by atoms with Crippen molar-refractivity contribution in [3.05, 3.63) is 29.8 Å². The van der Waals surface area contributed by atoms with E-state index in [4.69, 9.17) is 0 Å². The standard InChI is InChI=1S/C14H17F3O2/c1-10-4-3-7-13(18,9-10)11-5-2-6-12(8-11)19-14(15,16)17/h2,5-6,8,10,18H,3-4,7,9H2,1H3. The lowest BCUT2D eigenvalue weighted by atomic mass is 9.75. The van der Waals surface area contributed by atoms with Crippen LogP contribution in [0.15, 0.2) is 24.3 Å². The Balaban J connectivity index is 2.22. The second-order valence-electron chi connectivity index (χ2n) is 5.31. The zero-order valence-corrected chi connectivity index (χ0v) is 10.7. The van der Waals surface area contributed by atoms with Gasteiger partial charge in [-0.2, -0.15) is 0 Å². The molecule has 5 heteroatoms. The van der Waals surface area contributed by atoms with Crippen molar-refractivity contribution in [2.24, 2.45) is 5.92 Å². The molecule has 1 fully saturated rings. The van der Waals surface area contributed by atoms with Crippen molar-refractivity contribution in [1.29, 1.82) is 0 Å². The summed E-state index contributed by atoms with van der Waals surface area (Å²) in [6, 6.07) is 5.66. The topological polar surface area (TPSA) is 29.5 Å². The summed E-state index contributed by atoms with van der Waals surface area (Å²) in [5.74, 6) is 0.0857. The van der Waals surface area contributed by atoms with E-state index in [2.05, 4.69) is 4.74 Å². The molecule has 1 saturated carbocycles. The molecule has 1 N–H and O–H groups in total. The Morgan fingerprint density at radius 3 is 2.74 bits per heavy atom. The molecule has 2 unspecified atom stereocenters. The van der Waals surface area contributed by atoms with E-state index >= 15 is 0 Å². The van der Waals surface area contributed by atoms with Gasteiger partial charge in [-0.3, -0.25) is 0 Å². The zero-order valence-electron chi connectivity index (χ0n) is 10.7. The molecule has 0 spiro atoms. The van der Waals surface area contributed by atoms with Crippen LogP contribution in [0, 0.1) is 5.92 Å². The average molecular weight is 274 g/mol. The van der Waals surface area contributed by atoms with Gasteiger partial charge in [0.15, 0.2) is 0 Å². The van der Waals surface area contributed by atoms with Crippen LogP contribution < -0.4 is 4.74 Å². The van der Waals surface area contributed by atoms with Gasteiger partial charge in [-0.25, -0.2) is 0 Å². The van der Waals surface area contributed by atoms with Gasteiger partial charge in [-0.15, -0.1) is 13.2 Å². The van der Waals surface area contributed by atoms with Crippen LogP contribution in [0.3, 0.4) is 0 Å². The number of hydrogen-bond donors (Lipinski definition) is 1. The molecule has 1 aliphatic rings. The molecule has 2 rings (SSSR count). The van der Waals surface area contributed by atoms with E-state index in [-0.39, 0.29) is 5.75 Å². The summed E-state index contributed by atoms with van der Waals surface area (Å²) in [6.45, 7) is 2.04. The van der Waals surface area contributed by atoms with Gasteiger partial charge in [0.05, 0.1) is 5.60 Å². The largest absolute Gasteiger partial charge is 0.573 e. The predicted molar refractivity (Wildman–Crippen MR) is 64.7 cm³/mol. The highest BCUT2D eigenvalue weighted by Crippen LogP contribution is 2.40. The van der Waals surface area contributed by atoms with Crippen LogP contribution in [0.4, 0.5) is 13.2 Å². The van der Waals surface area contributed by atoms with Crippen molar-refractivity contribution in [2.45, 2.75) is 44.6 Å². The SMILES string of the molecule is CC1CCCC(O)(c2cccc(OC(F)(F)F)c2)C1. The third-order valence-electron chi connectivity index (χ3n) is 3.58. The van der Waals surface area contributed by atoms with Crippen LogP contribution in [0.1, 0.15) is 38.2 Å². The maximum Gasteiger partial charge on any atom is 0.573 e. The van der Waals surface area contributed by atoms with Crippen molar-refractivity contribution >= 4 is 0 Å². The summed E-state index contributed by atoms with van der Waals surface area (Å²) < 4.78 is 40.5. The Bertz CT molecular complexity index is 445. The van der Waals surface area contributed by atoms with Gasteiger partial charge < -0.3 is 9.84 Å². The zero-order chi connectivity index (χ0) is 14.1. The Kier molecular flexibility index (Phi) is 3.76. The Morgan fingerprint density at radius 2 is 2.11 bits per heavy atom. The van der Waals surface area contributed by atoms with Crippen molar-refractivity contribution in [2.75, 3.05) is 0 Å². The van der Waals surface area contributed by atoms with Crippen molar-refractivity contribution < 1.29 is 23.0 Å². The molecule has 1 aromatic rings. The van der Waals surface area contributed by atoms with E-state index in [9.17, 15) is 18.3 Å². The molecule has 0 aliphatic heterocycles. The van der Waals surface area contributed by atoms with E-state index < -0.39 is 12.0 Å². The van der Waals surface area contributed by atoms with Gasteiger partial charge in [0.1, 0.15) is 5.75 Å². The first kappa shape index (κ1) is 14.2. The van der Waals surface area contributed by atoms with Crippen molar-refractivity contribution in [3.8, 4) is 5.75 Å². The van der Waals surface area contributed by atoms with Crippen LogP contribution in [0.5, 0.6) is 5.75 Å². The van der Waals surface area contributed by atoms with Crippen molar-refractivity contribution in [3.63, 3.8) is 0 Å². The van der Waals surface area contributed by atoms with Gasteiger partial charge in [0.25, 0.3) is 0 Å². The molecule has 2 atom stereocenters. The molecule has 19 heavy (non-hydrogen) atoms. The van der Waals surface area contributed by atoms with E-state index in [1.54, 1.807) is 6.07 Å².